The van der Waals surface area contributed by atoms with E-state index < -0.39 is 0 Å². The molecule has 2 aromatic carbocycles. The van der Waals surface area contributed by atoms with Crippen molar-refractivity contribution in [1.29, 1.82) is 0 Å². The molecule has 126 valence electrons. The van der Waals surface area contributed by atoms with Crippen LogP contribution in [0.5, 0.6) is 0 Å². The molecule has 1 aromatic heterocycles. The standard InChI is InChI=1S/C19H16IN3O2/c1-13-11-15(20)7-8-16(13)21-18(24)12-23-19(25)10-9-17(22-23)14-5-3-2-4-6-14/h2-11H,12H2,1H3,(H,21,24). The quantitative estimate of drug-likeness (QED) is 0.626. The molecular weight excluding hydrogens is 429 g/mol. The smallest absolute Gasteiger partial charge is 0.267 e. The molecule has 1 heterocycles. The van der Waals surface area contributed by atoms with E-state index in [1.54, 1.807) is 6.07 Å². The number of amides is 1. The van der Waals surface area contributed by atoms with Gasteiger partial charge in [-0.1, -0.05) is 30.3 Å². The predicted molar refractivity (Wildman–Crippen MR) is 106 cm³/mol. The molecule has 1 amide bonds. The summed E-state index contributed by atoms with van der Waals surface area (Å²) in [5.74, 6) is -0.288. The number of benzene rings is 2. The summed E-state index contributed by atoms with van der Waals surface area (Å²) in [6, 6.07) is 18.4. The van der Waals surface area contributed by atoms with Crippen LogP contribution in [0.1, 0.15) is 5.56 Å². The van der Waals surface area contributed by atoms with Crippen LogP contribution in [0.15, 0.2) is 65.5 Å². The second kappa shape index (κ2) is 7.60. The Kier molecular flexibility index (Phi) is 5.28. The summed E-state index contributed by atoms with van der Waals surface area (Å²) in [6.07, 6.45) is 0. The molecule has 0 aliphatic heterocycles. The van der Waals surface area contributed by atoms with Crippen molar-refractivity contribution in [3.8, 4) is 11.3 Å². The van der Waals surface area contributed by atoms with E-state index in [1.165, 1.54) is 10.7 Å². The summed E-state index contributed by atoms with van der Waals surface area (Å²) in [7, 11) is 0. The number of aromatic nitrogens is 2. The maximum Gasteiger partial charge on any atom is 0.267 e. The van der Waals surface area contributed by atoms with E-state index in [2.05, 4.69) is 33.0 Å². The maximum atomic E-state index is 12.3. The van der Waals surface area contributed by atoms with Gasteiger partial charge in [0.05, 0.1) is 5.69 Å². The number of nitrogens with one attached hydrogen (secondary N) is 1. The highest BCUT2D eigenvalue weighted by Crippen LogP contribution is 2.18. The third kappa shape index (κ3) is 4.33. The largest absolute Gasteiger partial charge is 0.324 e. The average molecular weight is 445 g/mol. The summed E-state index contributed by atoms with van der Waals surface area (Å²) in [5, 5.41) is 7.13. The van der Waals surface area contributed by atoms with Crippen molar-refractivity contribution in [2.75, 3.05) is 5.32 Å². The third-order valence-corrected chi connectivity index (χ3v) is 4.36. The van der Waals surface area contributed by atoms with Crippen LogP contribution in [0.3, 0.4) is 0 Å². The van der Waals surface area contributed by atoms with E-state index in [1.807, 2.05) is 55.5 Å². The zero-order valence-electron chi connectivity index (χ0n) is 13.6. The van der Waals surface area contributed by atoms with Gasteiger partial charge in [0.2, 0.25) is 5.91 Å². The number of hydrogen-bond donors (Lipinski definition) is 1. The molecule has 3 aromatic rings. The molecule has 0 saturated heterocycles. The number of carbonyl (C=O) groups excluding carboxylic acids is 1. The fourth-order valence-corrected chi connectivity index (χ4v) is 3.07. The van der Waals surface area contributed by atoms with E-state index in [9.17, 15) is 9.59 Å². The molecule has 0 aliphatic rings. The van der Waals surface area contributed by atoms with Gasteiger partial charge < -0.3 is 5.32 Å². The number of halogens is 1. The lowest BCUT2D eigenvalue weighted by Gasteiger charge is -2.10. The molecule has 0 spiro atoms. The number of anilines is 1. The Morgan fingerprint density at radius 3 is 2.60 bits per heavy atom. The molecule has 6 heteroatoms. The van der Waals surface area contributed by atoms with Gasteiger partial charge in [-0.25, -0.2) is 4.68 Å². The van der Waals surface area contributed by atoms with Gasteiger partial charge in [-0.05, 0) is 59.3 Å². The first kappa shape index (κ1) is 17.3. The fraction of sp³-hybridized carbons (Fsp3) is 0.105. The highest BCUT2D eigenvalue weighted by Gasteiger charge is 2.09. The van der Waals surface area contributed by atoms with Gasteiger partial charge in [-0.15, -0.1) is 0 Å². The monoisotopic (exact) mass is 445 g/mol. The van der Waals surface area contributed by atoms with Crippen molar-refractivity contribution in [3.05, 3.63) is 80.2 Å². The normalized spacial score (nSPS) is 10.5. The maximum absolute atomic E-state index is 12.3. The summed E-state index contributed by atoms with van der Waals surface area (Å²) >= 11 is 2.22. The van der Waals surface area contributed by atoms with Crippen molar-refractivity contribution in [2.45, 2.75) is 13.5 Å². The fourth-order valence-electron chi connectivity index (χ4n) is 2.42. The number of nitrogens with zero attached hydrogens (tertiary/aromatic N) is 2. The Morgan fingerprint density at radius 1 is 1.12 bits per heavy atom. The molecule has 0 fully saturated rings. The lowest BCUT2D eigenvalue weighted by molar-refractivity contribution is -0.117. The number of aryl methyl sites for hydroxylation is 1. The topological polar surface area (TPSA) is 64.0 Å². The Labute approximate surface area is 158 Å². The van der Waals surface area contributed by atoms with Crippen LogP contribution in [-0.2, 0) is 11.3 Å². The number of hydrogen-bond acceptors (Lipinski definition) is 3. The lowest BCUT2D eigenvalue weighted by Crippen LogP contribution is -2.29. The third-order valence-electron chi connectivity index (χ3n) is 3.69. The molecule has 0 saturated carbocycles. The minimum atomic E-state index is -0.311. The second-order valence-corrected chi connectivity index (χ2v) is 6.83. The van der Waals surface area contributed by atoms with Crippen molar-refractivity contribution in [2.24, 2.45) is 0 Å². The highest BCUT2D eigenvalue weighted by atomic mass is 127. The molecule has 1 N–H and O–H groups in total. The molecule has 25 heavy (non-hydrogen) atoms. The van der Waals surface area contributed by atoms with E-state index in [-0.39, 0.29) is 18.0 Å². The van der Waals surface area contributed by atoms with Crippen LogP contribution >= 0.6 is 22.6 Å². The van der Waals surface area contributed by atoms with Crippen molar-refractivity contribution >= 4 is 34.2 Å². The van der Waals surface area contributed by atoms with E-state index >= 15 is 0 Å². The first-order chi connectivity index (χ1) is 12.0. The Morgan fingerprint density at radius 2 is 1.88 bits per heavy atom. The van der Waals surface area contributed by atoms with Crippen LogP contribution in [0.4, 0.5) is 5.69 Å². The van der Waals surface area contributed by atoms with Gasteiger partial charge in [0.1, 0.15) is 6.54 Å². The second-order valence-electron chi connectivity index (χ2n) is 5.59. The van der Waals surface area contributed by atoms with Gasteiger partial charge in [0.25, 0.3) is 5.56 Å². The summed E-state index contributed by atoms with van der Waals surface area (Å²) in [5.41, 5.74) is 2.94. The van der Waals surface area contributed by atoms with Crippen molar-refractivity contribution in [3.63, 3.8) is 0 Å². The minimum absolute atomic E-state index is 0.134. The summed E-state index contributed by atoms with van der Waals surface area (Å²) < 4.78 is 2.28. The van der Waals surface area contributed by atoms with E-state index in [4.69, 9.17) is 0 Å². The first-order valence-electron chi connectivity index (χ1n) is 7.72. The number of rotatable bonds is 4. The SMILES string of the molecule is Cc1cc(I)ccc1NC(=O)Cn1nc(-c2ccccc2)ccc1=O. The van der Waals surface area contributed by atoms with Crippen LogP contribution in [0.2, 0.25) is 0 Å². The summed E-state index contributed by atoms with van der Waals surface area (Å²) in [4.78, 5) is 24.3. The lowest BCUT2D eigenvalue weighted by atomic mass is 10.1. The molecular formula is C19H16IN3O2. The van der Waals surface area contributed by atoms with E-state index in [0.717, 1.165) is 20.4 Å². The molecule has 0 bridgehead atoms. The minimum Gasteiger partial charge on any atom is -0.324 e. The van der Waals surface area contributed by atoms with Gasteiger partial charge in [0, 0.05) is 20.9 Å². The van der Waals surface area contributed by atoms with Gasteiger partial charge >= 0.3 is 0 Å². The predicted octanol–water partition coefficient (Wildman–Crippen LogP) is 3.46. The highest BCUT2D eigenvalue weighted by molar-refractivity contribution is 14.1. The Hall–Kier alpha value is -2.48. The van der Waals surface area contributed by atoms with Crippen molar-refractivity contribution in [1.82, 2.24) is 9.78 Å². The Balaban J connectivity index is 1.80. The Bertz CT molecular complexity index is 968. The zero-order chi connectivity index (χ0) is 17.8. The molecule has 0 atom stereocenters. The molecule has 0 radical (unpaired) electrons. The molecule has 3 rings (SSSR count). The van der Waals surface area contributed by atoms with Gasteiger partial charge in [-0.2, -0.15) is 5.10 Å². The molecule has 0 aliphatic carbocycles. The van der Waals surface area contributed by atoms with Crippen LogP contribution in [0, 0.1) is 10.5 Å². The van der Waals surface area contributed by atoms with Crippen LogP contribution in [-0.4, -0.2) is 15.7 Å². The molecule has 5 nitrogen and oxygen atoms in total. The van der Waals surface area contributed by atoms with Crippen LogP contribution < -0.4 is 10.9 Å². The zero-order valence-corrected chi connectivity index (χ0v) is 15.7. The summed E-state index contributed by atoms with van der Waals surface area (Å²) in [6.45, 7) is 1.79. The van der Waals surface area contributed by atoms with E-state index in [0.29, 0.717) is 5.69 Å². The average Bonchev–Trinajstić information content (AvgIpc) is 2.60. The van der Waals surface area contributed by atoms with Gasteiger partial charge in [0.15, 0.2) is 0 Å². The first-order valence-corrected chi connectivity index (χ1v) is 8.80. The van der Waals surface area contributed by atoms with Crippen molar-refractivity contribution < 1.29 is 4.79 Å². The van der Waals surface area contributed by atoms with Crippen LogP contribution in [0.25, 0.3) is 11.3 Å². The molecule has 0 unspecified atom stereocenters. The van der Waals surface area contributed by atoms with Gasteiger partial charge in [-0.3, -0.25) is 9.59 Å². The number of carbonyl (C=O) groups is 1.